The lowest BCUT2D eigenvalue weighted by Gasteiger charge is -2.12. The molecule has 1 heterocycles. The van der Waals surface area contributed by atoms with Crippen LogP contribution in [0.4, 0.5) is 0 Å². The van der Waals surface area contributed by atoms with Gasteiger partial charge in [0.05, 0.1) is 0 Å². The Morgan fingerprint density at radius 2 is 2.10 bits per heavy atom. The number of rotatable bonds is 6. The second-order valence-electron chi connectivity index (χ2n) is 5.64. The van der Waals surface area contributed by atoms with Gasteiger partial charge in [-0.2, -0.15) is 0 Å². The van der Waals surface area contributed by atoms with E-state index in [1.54, 1.807) is 6.07 Å². The van der Waals surface area contributed by atoms with Crippen molar-refractivity contribution in [3.63, 3.8) is 0 Å². The van der Waals surface area contributed by atoms with Crippen LogP contribution in [0, 0.1) is 0 Å². The van der Waals surface area contributed by atoms with Crippen LogP contribution in [-0.2, 0) is 4.79 Å². The van der Waals surface area contributed by atoms with E-state index in [1.165, 1.54) is 11.3 Å². The number of nitrogens with one attached hydrogen (secondary N) is 1. The number of amides is 1. The van der Waals surface area contributed by atoms with Crippen molar-refractivity contribution in [3.8, 4) is 5.75 Å². The zero-order chi connectivity index (χ0) is 15.4. The van der Waals surface area contributed by atoms with E-state index in [9.17, 15) is 14.7 Å². The second kappa shape index (κ2) is 6.93. The third kappa shape index (κ3) is 4.20. The molecular weight excluding hydrogens is 290 g/mol. The molecule has 0 bridgehead atoms. The van der Waals surface area contributed by atoms with Gasteiger partial charge in [-0.3, -0.25) is 4.79 Å². The van der Waals surface area contributed by atoms with Crippen LogP contribution in [-0.4, -0.2) is 29.6 Å². The molecular formula is C15H21NO4S. The Morgan fingerprint density at radius 3 is 2.67 bits per heavy atom. The third-order valence-electron chi connectivity index (χ3n) is 3.56. The minimum absolute atomic E-state index is 0.134. The number of carboxylic acids is 1. The SMILES string of the molecule is CC(C)c1cc(OCC(=O)NC2CCCC2)c(C(=O)O)s1. The molecule has 5 nitrogen and oxygen atoms in total. The molecule has 116 valence electrons. The predicted molar refractivity (Wildman–Crippen MR) is 81.3 cm³/mol. The average Bonchev–Trinajstić information content (AvgIpc) is 3.04. The molecule has 1 amide bonds. The fraction of sp³-hybridized carbons (Fsp3) is 0.600. The van der Waals surface area contributed by atoms with Crippen LogP contribution in [0.5, 0.6) is 5.75 Å². The molecule has 6 heteroatoms. The van der Waals surface area contributed by atoms with Crippen molar-refractivity contribution in [2.45, 2.75) is 51.5 Å². The maximum atomic E-state index is 11.8. The average molecular weight is 311 g/mol. The molecule has 1 saturated carbocycles. The van der Waals surface area contributed by atoms with Crippen molar-refractivity contribution in [2.24, 2.45) is 0 Å². The first-order chi connectivity index (χ1) is 9.97. The van der Waals surface area contributed by atoms with Crippen LogP contribution in [0.15, 0.2) is 6.07 Å². The Morgan fingerprint density at radius 1 is 1.43 bits per heavy atom. The van der Waals surface area contributed by atoms with E-state index in [2.05, 4.69) is 5.32 Å². The zero-order valence-corrected chi connectivity index (χ0v) is 13.2. The minimum Gasteiger partial charge on any atom is -0.482 e. The molecule has 1 fully saturated rings. The molecule has 0 atom stereocenters. The maximum Gasteiger partial charge on any atom is 0.349 e. The van der Waals surface area contributed by atoms with Gasteiger partial charge >= 0.3 is 5.97 Å². The number of carbonyl (C=O) groups is 2. The van der Waals surface area contributed by atoms with Gasteiger partial charge in [0, 0.05) is 10.9 Å². The molecule has 0 aromatic carbocycles. The van der Waals surface area contributed by atoms with Crippen LogP contribution in [0.1, 0.15) is 60.0 Å². The summed E-state index contributed by atoms with van der Waals surface area (Å²) >= 11 is 1.20. The van der Waals surface area contributed by atoms with Crippen LogP contribution >= 0.6 is 11.3 Å². The lowest BCUT2D eigenvalue weighted by Crippen LogP contribution is -2.36. The summed E-state index contributed by atoms with van der Waals surface area (Å²) in [6.45, 7) is 3.85. The molecule has 0 radical (unpaired) electrons. The highest BCUT2D eigenvalue weighted by Gasteiger charge is 2.20. The fourth-order valence-electron chi connectivity index (χ4n) is 2.42. The molecule has 0 spiro atoms. The molecule has 1 aliphatic rings. The Kier molecular flexibility index (Phi) is 5.22. The van der Waals surface area contributed by atoms with Gasteiger partial charge in [0.15, 0.2) is 11.5 Å². The number of ether oxygens (including phenoxy) is 1. The lowest BCUT2D eigenvalue weighted by atomic mass is 10.2. The highest BCUT2D eigenvalue weighted by atomic mass is 32.1. The highest BCUT2D eigenvalue weighted by molar-refractivity contribution is 7.14. The van der Waals surface area contributed by atoms with E-state index in [0.717, 1.165) is 30.6 Å². The van der Waals surface area contributed by atoms with Crippen LogP contribution in [0.2, 0.25) is 0 Å². The summed E-state index contributed by atoms with van der Waals surface area (Å²) < 4.78 is 5.42. The molecule has 0 saturated heterocycles. The van der Waals surface area contributed by atoms with E-state index in [-0.39, 0.29) is 35.1 Å². The molecule has 21 heavy (non-hydrogen) atoms. The minimum atomic E-state index is -1.02. The van der Waals surface area contributed by atoms with E-state index in [4.69, 9.17) is 4.74 Å². The smallest absolute Gasteiger partial charge is 0.349 e. The monoisotopic (exact) mass is 311 g/mol. The molecule has 0 unspecified atom stereocenters. The van der Waals surface area contributed by atoms with Crippen molar-refractivity contribution in [1.82, 2.24) is 5.32 Å². The predicted octanol–water partition coefficient (Wildman–Crippen LogP) is 3.01. The van der Waals surface area contributed by atoms with Gasteiger partial charge in [-0.25, -0.2) is 4.79 Å². The van der Waals surface area contributed by atoms with Gasteiger partial charge in [0.2, 0.25) is 0 Å². The maximum absolute atomic E-state index is 11.8. The van der Waals surface area contributed by atoms with Crippen LogP contribution < -0.4 is 10.1 Å². The van der Waals surface area contributed by atoms with Crippen molar-refractivity contribution >= 4 is 23.2 Å². The first kappa shape index (κ1) is 15.8. The van der Waals surface area contributed by atoms with Crippen molar-refractivity contribution < 1.29 is 19.4 Å². The molecule has 1 aromatic rings. The Hall–Kier alpha value is -1.56. The van der Waals surface area contributed by atoms with Crippen molar-refractivity contribution in [2.75, 3.05) is 6.61 Å². The first-order valence-electron chi connectivity index (χ1n) is 7.26. The van der Waals surface area contributed by atoms with Crippen LogP contribution in [0.3, 0.4) is 0 Å². The summed E-state index contributed by atoms with van der Waals surface area (Å²) in [6, 6.07) is 1.97. The number of aromatic carboxylic acids is 1. The summed E-state index contributed by atoms with van der Waals surface area (Å²) in [5, 5.41) is 12.1. The van der Waals surface area contributed by atoms with Gasteiger partial charge in [0.25, 0.3) is 5.91 Å². The summed E-state index contributed by atoms with van der Waals surface area (Å²) in [5.74, 6) is -0.677. The molecule has 1 aliphatic carbocycles. The largest absolute Gasteiger partial charge is 0.482 e. The Labute approximate surface area is 128 Å². The molecule has 2 rings (SSSR count). The van der Waals surface area contributed by atoms with Gasteiger partial charge in [-0.15, -0.1) is 11.3 Å². The second-order valence-corrected chi connectivity index (χ2v) is 6.72. The van der Waals surface area contributed by atoms with Gasteiger partial charge in [0.1, 0.15) is 5.75 Å². The quantitative estimate of drug-likeness (QED) is 0.847. The molecule has 0 aliphatic heterocycles. The van der Waals surface area contributed by atoms with Crippen molar-refractivity contribution in [1.29, 1.82) is 0 Å². The third-order valence-corrected chi connectivity index (χ3v) is 4.96. The van der Waals surface area contributed by atoms with E-state index in [0.29, 0.717) is 0 Å². The fourth-order valence-corrected chi connectivity index (χ4v) is 3.36. The Balaban J connectivity index is 1.95. The van der Waals surface area contributed by atoms with Crippen molar-refractivity contribution in [3.05, 3.63) is 15.8 Å². The lowest BCUT2D eigenvalue weighted by molar-refractivity contribution is -0.123. The number of hydrogen-bond donors (Lipinski definition) is 2. The number of carboxylic acid groups (broad SMARTS) is 1. The number of hydrogen-bond acceptors (Lipinski definition) is 4. The molecule has 1 aromatic heterocycles. The summed E-state index contributed by atoms with van der Waals surface area (Å²) in [7, 11) is 0. The zero-order valence-electron chi connectivity index (χ0n) is 12.3. The summed E-state index contributed by atoms with van der Waals surface area (Å²) in [5.41, 5.74) is 0. The van der Waals surface area contributed by atoms with Gasteiger partial charge in [-0.05, 0) is 24.8 Å². The standard InChI is InChI=1S/C15H21NO4S/c1-9(2)12-7-11(14(21-12)15(18)19)20-8-13(17)16-10-5-3-4-6-10/h7,9-10H,3-6,8H2,1-2H3,(H,16,17)(H,18,19). The van der Waals surface area contributed by atoms with Crippen LogP contribution in [0.25, 0.3) is 0 Å². The summed E-state index contributed by atoms with van der Waals surface area (Å²) in [6.07, 6.45) is 4.33. The topological polar surface area (TPSA) is 75.6 Å². The first-order valence-corrected chi connectivity index (χ1v) is 8.08. The van der Waals surface area contributed by atoms with E-state index >= 15 is 0 Å². The molecule has 2 N–H and O–H groups in total. The normalized spacial score (nSPS) is 15.4. The van der Waals surface area contributed by atoms with E-state index < -0.39 is 5.97 Å². The number of thiophene rings is 1. The highest BCUT2D eigenvalue weighted by Crippen LogP contribution is 2.33. The Bertz CT molecular complexity index is 518. The number of carbonyl (C=O) groups excluding carboxylic acids is 1. The summed E-state index contributed by atoms with van der Waals surface area (Å²) in [4.78, 5) is 24.1. The van der Waals surface area contributed by atoms with Gasteiger partial charge in [-0.1, -0.05) is 26.7 Å². The van der Waals surface area contributed by atoms with E-state index in [1.807, 2.05) is 13.8 Å². The van der Waals surface area contributed by atoms with Gasteiger partial charge < -0.3 is 15.2 Å².